The number of amides is 1. The van der Waals surface area contributed by atoms with Crippen molar-refractivity contribution < 1.29 is 14.0 Å². The molecule has 1 amide bonds. The van der Waals surface area contributed by atoms with Gasteiger partial charge in [-0.25, -0.2) is 9.18 Å². The molecule has 0 atom stereocenters. The molecule has 2 aliphatic rings. The lowest BCUT2D eigenvalue weighted by atomic mass is 10.0. The minimum Gasteiger partial charge on any atom is -0.367 e. The number of nitrogens with one attached hydrogen (secondary N) is 2. The monoisotopic (exact) mass is 435 g/mol. The van der Waals surface area contributed by atoms with Crippen LogP contribution in [0.4, 0.5) is 15.8 Å². The van der Waals surface area contributed by atoms with E-state index in [9.17, 15) is 14.0 Å². The van der Waals surface area contributed by atoms with Gasteiger partial charge >= 0.3 is 0 Å². The van der Waals surface area contributed by atoms with Gasteiger partial charge in [0.2, 0.25) is 0 Å². The van der Waals surface area contributed by atoms with Crippen LogP contribution in [-0.2, 0) is 11.3 Å². The second-order valence-corrected chi connectivity index (χ2v) is 7.91. The summed E-state index contributed by atoms with van der Waals surface area (Å²) in [6.07, 6.45) is 4.53. The second kappa shape index (κ2) is 9.34. The van der Waals surface area contributed by atoms with Crippen molar-refractivity contribution in [3.63, 3.8) is 0 Å². The zero-order chi connectivity index (χ0) is 22.7. The summed E-state index contributed by atoms with van der Waals surface area (Å²) in [4.78, 5) is 31.8. The molecule has 32 heavy (non-hydrogen) atoms. The number of carbonyl (C=O) groups excluding carboxylic acids is 2. The zero-order valence-electron chi connectivity index (χ0n) is 18.2. The number of benzene rings is 1. The van der Waals surface area contributed by atoms with Crippen LogP contribution in [0.1, 0.15) is 35.0 Å². The Morgan fingerprint density at radius 3 is 2.69 bits per heavy atom. The fourth-order valence-electron chi connectivity index (χ4n) is 4.10. The Morgan fingerprint density at radius 1 is 1.25 bits per heavy atom. The van der Waals surface area contributed by atoms with Crippen LogP contribution in [0.5, 0.6) is 0 Å². The number of anilines is 2. The van der Waals surface area contributed by atoms with E-state index in [2.05, 4.69) is 20.5 Å². The number of carbonyl (C=O) groups is 1. The first-order valence-corrected chi connectivity index (χ1v) is 10.7. The van der Waals surface area contributed by atoms with Crippen LogP contribution in [0.3, 0.4) is 0 Å². The molecule has 7 nitrogen and oxygen atoms in total. The predicted molar refractivity (Wildman–Crippen MR) is 123 cm³/mol. The largest absolute Gasteiger partial charge is 0.367 e. The number of hydrogen-bond donors (Lipinski definition) is 2. The Bertz CT molecular complexity index is 1120. The van der Waals surface area contributed by atoms with Crippen LogP contribution in [-0.4, -0.2) is 55.0 Å². The molecule has 2 N–H and O–H groups in total. The van der Waals surface area contributed by atoms with Gasteiger partial charge in [0.15, 0.2) is 5.94 Å². The molecular weight excluding hydrogens is 409 g/mol. The maximum Gasteiger partial charge on any atom is 0.251 e. The number of halogens is 1. The summed E-state index contributed by atoms with van der Waals surface area (Å²) in [5, 5.41) is 5.65. The van der Waals surface area contributed by atoms with Crippen LogP contribution in [0, 0.1) is 5.82 Å². The Kier molecular flexibility index (Phi) is 6.35. The van der Waals surface area contributed by atoms with E-state index >= 15 is 0 Å². The van der Waals surface area contributed by atoms with Crippen LogP contribution in [0.15, 0.2) is 41.7 Å². The van der Waals surface area contributed by atoms with E-state index in [1.807, 2.05) is 36.1 Å². The molecule has 0 spiro atoms. The van der Waals surface area contributed by atoms with E-state index < -0.39 is 0 Å². The van der Waals surface area contributed by atoms with Crippen molar-refractivity contribution >= 4 is 29.3 Å². The maximum absolute atomic E-state index is 14.6. The lowest BCUT2D eigenvalue weighted by Gasteiger charge is -2.36. The summed E-state index contributed by atoms with van der Waals surface area (Å²) in [6.45, 7) is 5.65. The average molecular weight is 436 g/mol. The highest BCUT2D eigenvalue weighted by Gasteiger charge is 2.22. The molecule has 4 rings (SSSR count). The van der Waals surface area contributed by atoms with E-state index in [1.54, 1.807) is 12.1 Å². The number of piperazine rings is 1. The molecule has 3 heterocycles. The molecule has 0 radical (unpaired) electrons. The standard InChI is InChI=1S/C24H26FN5O2/c1-3-17-12-20-21(28-22(17)15-31)10-16(13-27-20)14-29-6-8-30(9-7-29)23-5-4-18(11-19(23)25)24(32)26-2/h4-5,10-13,28H,3,6-9,14H2,1-2H3,(H,26,32). The minimum absolute atomic E-state index is 0.300. The van der Waals surface area contributed by atoms with Gasteiger partial charge in [-0.05, 0) is 47.9 Å². The van der Waals surface area contributed by atoms with Crippen molar-refractivity contribution in [2.24, 2.45) is 0 Å². The maximum atomic E-state index is 14.6. The zero-order valence-corrected chi connectivity index (χ0v) is 18.2. The van der Waals surface area contributed by atoms with Crippen LogP contribution in [0.2, 0.25) is 0 Å². The molecule has 0 aliphatic carbocycles. The number of aromatic nitrogens is 1. The molecule has 1 aromatic heterocycles. The summed E-state index contributed by atoms with van der Waals surface area (Å²) in [5.74, 6) is 1.29. The fourth-order valence-corrected chi connectivity index (χ4v) is 4.10. The van der Waals surface area contributed by atoms with Gasteiger partial charge in [0.1, 0.15) is 11.5 Å². The summed E-state index contributed by atoms with van der Waals surface area (Å²) in [7, 11) is 1.53. The summed E-state index contributed by atoms with van der Waals surface area (Å²) >= 11 is 0. The van der Waals surface area contributed by atoms with Crippen LogP contribution >= 0.6 is 0 Å². The highest BCUT2D eigenvalue weighted by Crippen LogP contribution is 2.29. The first-order chi connectivity index (χ1) is 15.5. The van der Waals surface area contributed by atoms with Crippen molar-refractivity contribution in [2.75, 3.05) is 43.4 Å². The average Bonchev–Trinajstić information content (AvgIpc) is 2.83. The van der Waals surface area contributed by atoms with Gasteiger partial charge < -0.3 is 15.5 Å². The molecule has 1 fully saturated rings. The van der Waals surface area contributed by atoms with Gasteiger partial charge in [-0.1, -0.05) is 6.92 Å². The quantitative estimate of drug-likeness (QED) is 0.704. The van der Waals surface area contributed by atoms with E-state index in [0.29, 0.717) is 30.0 Å². The molecule has 8 heteroatoms. The molecule has 166 valence electrons. The number of rotatable bonds is 5. The fraction of sp³-hybridized carbons (Fsp3) is 0.333. The Hall–Kier alpha value is -3.48. The Labute approximate surface area is 186 Å². The predicted octanol–water partition coefficient (Wildman–Crippen LogP) is 2.84. The second-order valence-electron chi connectivity index (χ2n) is 7.91. The minimum atomic E-state index is -0.386. The topological polar surface area (TPSA) is 77.6 Å². The lowest BCUT2D eigenvalue weighted by molar-refractivity contribution is 0.0962. The van der Waals surface area contributed by atoms with Gasteiger partial charge in [0.25, 0.3) is 5.91 Å². The number of pyridine rings is 1. The molecule has 0 bridgehead atoms. The van der Waals surface area contributed by atoms with E-state index in [1.165, 1.54) is 13.1 Å². The SMILES string of the molecule is CCC1=Cc2ncc(CN3CCN(c4ccc(C(=O)NC)cc4F)CC3)cc2NC1=C=O. The summed E-state index contributed by atoms with van der Waals surface area (Å²) in [5.41, 5.74) is 4.89. The van der Waals surface area contributed by atoms with E-state index in [-0.39, 0.29) is 11.7 Å². The first kappa shape index (κ1) is 21.7. The van der Waals surface area contributed by atoms with Crippen LogP contribution < -0.4 is 15.5 Å². The van der Waals surface area contributed by atoms with Gasteiger partial charge in [-0.2, -0.15) is 0 Å². The van der Waals surface area contributed by atoms with Gasteiger partial charge in [0, 0.05) is 51.5 Å². The molecule has 0 saturated carbocycles. The number of nitrogens with zero attached hydrogens (tertiary/aromatic N) is 3. The normalized spacial score (nSPS) is 16.0. The van der Waals surface area contributed by atoms with E-state index in [4.69, 9.17) is 0 Å². The van der Waals surface area contributed by atoms with E-state index in [0.717, 1.165) is 48.6 Å². The van der Waals surface area contributed by atoms with Crippen molar-refractivity contribution in [2.45, 2.75) is 19.9 Å². The third-order valence-corrected chi connectivity index (χ3v) is 5.91. The van der Waals surface area contributed by atoms with Crippen LogP contribution in [0.25, 0.3) is 6.08 Å². The van der Waals surface area contributed by atoms with Gasteiger partial charge in [-0.15, -0.1) is 0 Å². The van der Waals surface area contributed by atoms with Crippen molar-refractivity contribution in [3.8, 4) is 0 Å². The molecular formula is C24H26FN5O2. The highest BCUT2D eigenvalue weighted by molar-refractivity contribution is 5.94. The molecule has 1 saturated heterocycles. The summed E-state index contributed by atoms with van der Waals surface area (Å²) in [6, 6.07) is 6.62. The van der Waals surface area contributed by atoms with Gasteiger partial charge in [-0.3, -0.25) is 14.7 Å². The highest BCUT2D eigenvalue weighted by atomic mass is 19.1. The molecule has 2 aromatic rings. The number of allylic oxidation sites excluding steroid dienone is 1. The first-order valence-electron chi connectivity index (χ1n) is 10.7. The lowest BCUT2D eigenvalue weighted by Crippen LogP contribution is -2.46. The van der Waals surface area contributed by atoms with Crippen molar-refractivity contribution in [1.29, 1.82) is 0 Å². The smallest absolute Gasteiger partial charge is 0.251 e. The third kappa shape index (κ3) is 4.42. The molecule has 0 unspecified atom stereocenters. The molecule has 1 aromatic carbocycles. The Balaban J connectivity index is 1.40. The van der Waals surface area contributed by atoms with Crippen molar-refractivity contribution in [3.05, 3.63) is 64.4 Å². The molecule has 2 aliphatic heterocycles. The van der Waals surface area contributed by atoms with Gasteiger partial charge in [0.05, 0.1) is 17.1 Å². The third-order valence-electron chi connectivity index (χ3n) is 5.91. The number of hydrogen-bond acceptors (Lipinski definition) is 6. The Morgan fingerprint density at radius 2 is 2.03 bits per heavy atom. The summed E-state index contributed by atoms with van der Waals surface area (Å²) < 4.78 is 14.6. The van der Waals surface area contributed by atoms with Crippen molar-refractivity contribution in [1.82, 2.24) is 15.2 Å². The number of fused-ring (bicyclic) bond motifs is 1.